The van der Waals surface area contributed by atoms with E-state index in [2.05, 4.69) is 0 Å². The summed E-state index contributed by atoms with van der Waals surface area (Å²) < 4.78 is 28.1. The zero-order chi connectivity index (χ0) is 17.2. The first-order valence-electron chi connectivity index (χ1n) is 6.28. The molecule has 0 aromatic heterocycles. The first-order chi connectivity index (χ1) is 10.7. The molecule has 2 aromatic rings. The van der Waals surface area contributed by atoms with Crippen LogP contribution in [0.1, 0.15) is 10.4 Å². The maximum absolute atomic E-state index is 12.0. The van der Waals surface area contributed by atoms with Crippen LogP contribution in [0.15, 0.2) is 51.1 Å². The maximum atomic E-state index is 12.0. The van der Waals surface area contributed by atoms with Crippen molar-refractivity contribution in [3.05, 3.63) is 52.0 Å². The number of carbonyl (C=O) groups excluding carboxylic acids is 1. The monoisotopic (exact) mass is 390 g/mol. The minimum Gasteiger partial charge on any atom is -0.465 e. The van der Waals surface area contributed by atoms with Crippen molar-refractivity contribution in [2.24, 2.45) is 0 Å². The van der Waals surface area contributed by atoms with Crippen LogP contribution in [0, 0.1) is 0 Å². The van der Waals surface area contributed by atoms with Gasteiger partial charge in [-0.3, -0.25) is 0 Å². The molecule has 0 aliphatic heterocycles. The molecular formula is C15H12Cl2O4S2. The number of hydrogen-bond acceptors (Lipinski definition) is 5. The molecule has 0 atom stereocenters. The van der Waals surface area contributed by atoms with Crippen LogP contribution in [-0.2, 0) is 14.6 Å². The Morgan fingerprint density at radius 3 is 2.26 bits per heavy atom. The Morgan fingerprint density at radius 1 is 1.13 bits per heavy atom. The molecule has 23 heavy (non-hydrogen) atoms. The number of esters is 1. The highest BCUT2D eigenvalue weighted by Gasteiger charge is 2.19. The van der Waals surface area contributed by atoms with Gasteiger partial charge in [0.2, 0.25) is 0 Å². The zero-order valence-electron chi connectivity index (χ0n) is 12.2. The van der Waals surface area contributed by atoms with E-state index < -0.39 is 15.8 Å². The van der Waals surface area contributed by atoms with Crippen LogP contribution in [0.4, 0.5) is 0 Å². The molecule has 0 unspecified atom stereocenters. The number of halogens is 2. The van der Waals surface area contributed by atoms with Crippen LogP contribution in [0.3, 0.4) is 0 Å². The molecule has 2 aromatic carbocycles. The quantitative estimate of drug-likeness (QED) is 0.726. The summed E-state index contributed by atoms with van der Waals surface area (Å²) >= 11 is 13.4. The summed E-state index contributed by atoms with van der Waals surface area (Å²) in [6.07, 6.45) is 1.07. The van der Waals surface area contributed by atoms with Crippen LogP contribution in [0.2, 0.25) is 10.0 Å². The second kappa shape index (κ2) is 7.13. The third-order valence-electron chi connectivity index (χ3n) is 2.92. The highest BCUT2D eigenvalue weighted by Crippen LogP contribution is 2.40. The highest BCUT2D eigenvalue weighted by atomic mass is 35.5. The van der Waals surface area contributed by atoms with Crippen molar-refractivity contribution in [1.82, 2.24) is 0 Å². The third-order valence-corrected chi connectivity index (χ3v) is 6.10. The second-order valence-electron chi connectivity index (χ2n) is 4.57. The SMILES string of the molecule is COC(=O)c1cc(S(C)(=O)=O)ccc1Sc1c(Cl)cccc1Cl. The topological polar surface area (TPSA) is 60.4 Å². The molecule has 0 saturated carbocycles. The van der Waals surface area contributed by atoms with E-state index in [-0.39, 0.29) is 10.5 Å². The number of hydrogen-bond donors (Lipinski definition) is 0. The summed E-state index contributed by atoms with van der Waals surface area (Å²) in [6, 6.07) is 9.32. The van der Waals surface area contributed by atoms with Gasteiger partial charge in [0.15, 0.2) is 9.84 Å². The van der Waals surface area contributed by atoms with E-state index in [0.29, 0.717) is 19.8 Å². The van der Waals surface area contributed by atoms with Crippen molar-refractivity contribution in [1.29, 1.82) is 0 Å². The normalized spacial score (nSPS) is 11.3. The minimum absolute atomic E-state index is 0.0347. The van der Waals surface area contributed by atoms with Crippen molar-refractivity contribution >= 4 is 50.8 Å². The second-order valence-corrected chi connectivity index (χ2v) is 8.46. The first kappa shape index (κ1) is 18.1. The number of sulfone groups is 1. The molecule has 4 nitrogen and oxygen atoms in total. The fourth-order valence-electron chi connectivity index (χ4n) is 1.79. The first-order valence-corrected chi connectivity index (χ1v) is 9.74. The Labute approximate surface area is 148 Å². The molecule has 0 radical (unpaired) electrons. The molecule has 8 heteroatoms. The van der Waals surface area contributed by atoms with E-state index in [1.165, 1.54) is 37.1 Å². The van der Waals surface area contributed by atoms with Gasteiger partial charge in [0.05, 0.1) is 27.6 Å². The van der Waals surface area contributed by atoms with E-state index in [4.69, 9.17) is 27.9 Å². The molecule has 0 heterocycles. The number of rotatable bonds is 4. The number of benzene rings is 2. The lowest BCUT2D eigenvalue weighted by Gasteiger charge is -2.11. The van der Waals surface area contributed by atoms with E-state index in [1.807, 2.05) is 0 Å². The lowest BCUT2D eigenvalue weighted by Crippen LogP contribution is -2.06. The summed E-state index contributed by atoms with van der Waals surface area (Å²) in [5.41, 5.74) is 0.136. The summed E-state index contributed by atoms with van der Waals surface area (Å²) in [6.45, 7) is 0. The molecule has 0 aliphatic rings. The van der Waals surface area contributed by atoms with Gasteiger partial charge in [-0.15, -0.1) is 0 Å². The Balaban J connectivity index is 2.56. The molecule has 0 bridgehead atoms. The minimum atomic E-state index is -3.44. The van der Waals surface area contributed by atoms with Gasteiger partial charge >= 0.3 is 5.97 Å². The molecule has 122 valence electrons. The molecular weight excluding hydrogens is 379 g/mol. The van der Waals surface area contributed by atoms with Crippen molar-refractivity contribution in [2.45, 2.75) is 14.7 Å². The highest BCUT2D eigenvalue weighted by molar-refractivity contribution is 7.99. The molecule has 0 saturated heterocycles. The van der Waals surface area contributed by atoms with Crippen molar-refractivity contribution in [3.8, 4) is 0 Å². The van der Waals surface area contributed by atoms with Crippen molar-refractivity contribution in [3.63, 3.8) is 0 Å². The van der Waals surface area contributed by atoms with E-state index >= 15 is 0 Å². The number of ether oxygens (including phenoxy) is 1. The Bertz CT molecular complexity index is 844. The van der Waals surface area contributed by atoms with E-state index in [1.54, 1.807) is 18.2 Å². The molecule has 0 N–H and O–H groups in total. The fourth-order valence-corrected chi connectivity index (χ4v) is 4.00. The standard InChI is InChI=1S/C15H12Cl2O4S2/c1-21-15(18)10-8-9(23(2,19)20)6-7-13(10)22-14-11(16)4-3-5-12(14)17/h3-8H,1-2H3. The van der Waals surface area contributed by atoms with Crippen LogP contribution in [0.25, 0.3) is 0 Å². The largest absolute Gasteiger partial charge is 0.465 e. The van der Waals surface area contributed by atoms with E-state index in [9.17, 15) is 13.2 Å². The van der Waals surface area contributed by atoms with Crippen LogP contribution in [0.5, 0.6) is 0 Å². The fraction of sp³-hybridized carbons (Fsp3) is 0.133. The predicted molar refractivity (Wildman–Crippen MR) is 91.5 cm³/mol. The van der Waals surface area contributed by atoms with Gasteiger partial charge in [0.25, 0.3) is 0 Å². The Kier molecular flexibility index (Phi) is 5.62. The van der Waals surface area contributed by atoms with Crippen molar-refractivity contribution < 1.29 is 17.9 Å². The predicted octanol–water partition coefficient (Wildman–Crippen LogP) is 4.33. The number of carbonyl (C=O) groups is 1. The summed E-state index contributed by atoms with van der Waals surface area (Å²) in [7, 11) is -2.21. The summed E-state index contributed by atoms with van der Waals surface area (Å²) in [5, 5.41) is 0.871. The average molecular weight is 391 g/mol. The van der Waals surface area contributed by atoms with Gasteiger partial charge in [-0.25, -0.2) is 13.2 Å². The smallest absolute Gasteiger partial charge is 0.339 e. The van der Waals surface area contributed by atoms with Crippen LogP contribution >= 0.6 is 35.0 Å². The molecule has 2 rings (SSSR count). The lowest BCUT2D eigenvalue weighted by molar-refractivity contribution is 0.0596. The van der Waals surface area contributed by atoms with Gasteiger partial charge in [-0.1, -0.05) is 41.0 Å². The Hall–Kier alpha value is -1.21. The third kappa shape index (κ3) is 4.20. The molecule has 0 aliphatic carbocycles. The Morgan fingerprint density at radius 2 is 1.74 bits per heavy atom. The summed E-state index contributed by atoms with van der Waals surface area (Å²) in [5.74, 6) is -0.638. The number of methoxy groups -OCH3 is 1. The van der Waals surface area contributed by atoms with Gasteiger partial charge in [-0.05, 0) is 30.3 Å². The van der Waals surface area contributed by atoms with Gasteiger partial charge in [0.1, 0.15) is 0 Å². The molecule has 0 amide bonds. The molecule has 0 spiro atoms. The zero-order valence-corrected chi connectivity index (χ0v) is 15.3. The van der Waals surface area contributed by atoms with Gasteiger partial charge in [-0.2, -0.15) is 0 Å². The van der Waals surface area contributed by atoms with Crippen LogP contribution < -0.4 is 0 Å². The maximum Gasteiger partial charge on any atom is 0.339 e. The average Bonchev–Trinajstić information content (AvgIpc) is 2.49. The van der Waals surface area contributed by atoms with Gasteiger partial charge < -0.3 is 4.74 Å². The summed E-state index contributed by atoms with van der Waals surface area (Å²) in [4.78, 5) is 13.1. The van der Waals surface area contributed by atoms with Crippen molar-refractivity contribution in [2.75, 3.05) is 13.4 Å². The lowest BCUT2D eigenvalue weighted by atomic mass is 10.2. The van der Waals surface area contributed by atoms with E-state index in [0.717, 1.165) is 6.26 Å². The molecule has 0 fully saturated rings. The van der Waals surface area contributed by atoms with Crippen LogP contribution in [-0.4, -0.2) is 27.8 Å². The van der Waals surface area contributed by atoms with Gasteiger partial charge in [0, 0.05) is 16.0 Å².